The topological polar surface area (TPSA) is 86.6 Å². The Morgan fingerprint density at radius 3 is 2.33 bits per heavy atom. The van der Waals surface area contributed by atoms with Gasteiger partial charge in [0, 0.05) is 5.56 Å². The molecule has 1 aromatic carbocycles. The van der Waals surface area contributed by atoms with Crippen LogP contribution in [0.2, 0.25) is 0 Å². The van der Waals surface area contributed by atoms with Crippen LogP contribution in [0.3, 0.4) is 0 Å². The summed E-state index contributed by atoms with van der Waals surface area (Å²) >= 11 is 0. The number of amides is 1. The van der Waals surface area contributed by atoms with Crippen LogP contribution in [0.5, 0.6) is 5.75 Å². The van der Waals surface area contributed by atoms with Gasteiger partial charge in [0.25, 0.3) is 5.91 Å². The molecule has 1 atom stereocenters. The number of aliphatic carboxylic acids is 1. The monoisotopic (exact) mass is 251 g/mol. The van der Waals surface area contributed by atoms with Gasteiger partial charge in [-0.25, -0.2) is 4.79 Å². The number of hydrogen-bond acceptors (Lipinski definition) is 3. The van der Waals surface area contributed by atoms with Gasteiger partial charge in [0.1, 0.15) is 11.8 Å². The van der Waals surface area contributed by atoms with E-state index < -0.39 is 23.3 Å². The lowest BCUT2D eigenvalue weighted by atomic mass is 9.86. The molecule has 98 valence electrons. The first-order chi connectivity index (χ1) is 8.21. The summed E-state index contributed by atoms with van der Waals surface area (Å²) < 4.78 is 0. The first-order valence-electron chi connectivity index (χ1n) is 5.54. The van der Waals surface area contributed by atoms with E-state index in [1.165, 1.54) is 24.3 Å². The zero-order valence-electron chi connectivity index (χ0n) is 10.6. The molecule has 0 saturated heterocycles. The molecule has 0 spiro atoms. The smallest absolute Gasteiger partial charge is 0.326 e. The lowest BCUT2D eigenvalue weighted by Gasteiger charge is -2.27. The number of carboxylic acids is 1. The lowest BCUT2D eigenvalue weighted by Crippen LogP contribution is -2.49. The minimum absolute atomic E-state index is 0.0368. The van der Waals surface area contributed by atoms with Crippen molar-refractivity contribution in [1.29, 1.82) is 0 Å². The summed E-state index contributed by atoms with van der Waals surface area (Å²) in [5, 5.41) is 20.8. The molecule has 5 heteroatoms. The molecule has 1 amide bonds. The zero-order chi connectivity index (χ0) is 13.9. The van der Waals surface area contributed by atoms with Crippen LogP contribution >= 0.6 is 0 Å². The molecule has 0 unspecified atom stereocenters. The highest BCUT2D eigenvalue weighted by molar-refractivity contribution is 5.97. The predicted molar refractivity (Wildman–Crippen MR) is 66.5 cm³/mol. The third-order valence-electron chi connectivity index (χ3n) is 2.50. The maximum Gasteiger partial charge on any atom is 0.326 e. The number of aromatic hydroxyl groups is 1. The molecule has 3 N–H and O–H groups in total. The predicted octanol–water partition coefficient (Wildman–Crippen LogP) is 1.62. The van der Waals surface area contributed by atoms with Crippen LogP contribution in [0.4, 0.5) is 0 Å². The Hall–Kier alpha value is -2.04. The average Bonchev–Trinajstić information content (AvgIpc) is 2.23. The quantitative estimate of drug-likeness (QED) is 0.762. The molecule has 1 rings (SSSR count). The molecule has 1 aromatic rings. The van der Waals surface area contributed by atoms with Gasteiger partial charge in [0.15, 0.2) is 0 Å². The Balaban J connectivity index is 2.89. The van der Waals surface area contributed by atoms with Crippen molar-refractivity contribution >= 4 is 11.9 Å². The van der Waals surface area contributed by atoms with Crippen molar-refractivity contribution < 1.29 is 19.8 Å². The lowest BCUT2D eigenvalue weighted by molar-refractivity contribution is -0.142. The molecule has 0 aromatic heterocycles. The highest BCUT2D eigenvalue weighted by atomic mass is 16.4. The fourth-order valence-electron chi connectivity index (χ4n) is 1.51. The van der Waals surface area contributed by atoms with Gasteiger partial charge in [-0.3, -0.25) is 4.79 Å². The van der Waals surface area contributed by atoms with Gasteiger partial charge in [-0.15, -0.1) is 0 Å². The molecule has 0 heterocycles. The van der Waals surface area contributed by atoms with Crippen LogP contribution < -0.4 is 5.32 Å². The molecule has 0 aliphatic heterocycles. The van der Waals surface area contributed by atoms with Crippen LogP contribution in [0.15, 0.2) is 24.3 Å². The highest BCUT2D eigenvalue weighted by Crippen LogP contribution is 2.20. The molecule has 0 aliphatic rings. The maximum absolute atomic E-state index is 11.9. The molecule has 5 nitrogen and oxygen atoms in total. The summed E-state index contributed by atoms with van der Waals surface area (Å²) in [5.41, 5.74) is -0.372. The second-order valence-electron chi connectivity index (χ2n) is 5.16. The fourth-order valence-corrected chi connectivity index (χ4v) is 1.51. The van der Waals surface area contributed by atoms with Gasteiger partial charge >= 0.3 is 5.97 Å². The van der Waals surface area contributed by atoms with E-state index in [9.17, 15) is 14.7 Å². The number of nitrogens with one attached hydrogen (secondary N) is 1. The van der Waals surface area contributed by atoms with E-state index in [4.69, 9.17) is 5.11 Å². The van der Waals surface area contributed by atoms with Gasteiger partial charge in [0.05, 0.1) is 0 Å². The average molecular weight is 251 g/mol. The number of phenolic OH excluding ortho intramolecular Hbond substituents is 1. The van der Waals surface area contributed by atoms with Crippen LogP contribution in [-0.2, 0) is 4.79 Å². The molecule has 0 saturated carbocycles. The number of rotatable bonds is 3. The summed E-state index contributed by atoms with van der Waals surface area (Å²) in [6.07, 6.45) is 0. The van der Waals surface area contributed by atoms with Crippen molar-refractivity contribution in [3.8, 4) is 5.75 Å². The van der Waals surface area contributed by atoms with Crippen LogP contribution in [0, 0.1) is 5.41 Å². The summed E-state index contributed by atoms with van der Waals surface area (Å²) in [5.74, 6) is -1.64. The number of hydrogen-bond donors (Lipinski definition) is 3. The SMILES string of the molecule is CC(C)(C)[C@@H](NC(=O)c1cccc(O)c1)C(=O)O. The first kappa shape index (κ1) is 14.0. The Morgan fingerprint density at radius 1 is 1.28 bits per heavy atom. The standard InChI is InChI=1S/C13H17NO4/c1-13(2,3)10(12(17)18)14-11(16)8-5-4-6-9(15)7-8/h4-7,10,15H,1-3H3,(H,14,16)(H,17,18)/t10-/m0/s1. The minimum atomic E-state index is -1.09. The van der Waals surface area contributed by atoms with Crippen molar-refractivity contribution in [3.63, 3.8) is 0 Å². The van der Waals surface area contributed by atoms with Crippen LogP contribution in [0.1, 0.15) is 31.1 Å². The van der Waals surface area contributed by atoms with Crippen molar-refractivity contribution in [1.82, 2.24) is 5.32 Å². The van der Waals surface area contributed by atoms with Gasteiger partial charge < -0.3 is 15.5 Å². The third-order valence-corrected chi connectivity index (χ3v) is 2.50. The summed E-state index contributed by atoms with van der Waals surface area (Å²) in [6, 6.07) is 4.77. The first-order valence-corrected chi connectivity index (χ1v) is 5.54. The Morgan fingerprint density at radius 2 is 1.89 bits per heavy atom. The normalized spacial score (nSPS) is 12.8. The molecule has 0 bridgehead atoms. The van der Waals surface area contributed by atoms with Crippen molar-refractivity contribution in [2.45, 2.75) is 26.8 Å². The van der Waals surface area contributed by atoms with Gasteiger partial charge in [-0.2, -0.15) is 0 Å². The number of carbonyl (C=O) groups is 2. The second kappa shape index (κ2) is 5.08. The Labute approximate surface area is 105 Å². The van der Waals surface area contributed by atoms with Gasteiger partial charge in [0.2, 0.25) is 0 Å². The zero-order valence-corrected chi connectivity index (χ0v) is 10.6. The Kier molecular flexibility index (Phi) is 3.96. The highest BCUT2D eigenvalue weighted by Gasteiger charge is 2.32. The van der Waals surface area contributed by atoms with Crippen LogP contribution in [0.25, 0.3) is 0 Å². The molecule has 0 radical (unpaired) electrons. The van der Waals surface area contributed by atoms with E-state index in [-0.39, 0.29) is 11.3 Å². The van der Waals surface area contributed by atoms with E-state index in [0.29, 0.717) is 0 Å². The molecule has 0 aliphatic carbocycles. The fraction of sp³-hybridized carbons (Fsp3) is 0.385. The van der Waals surface area contributed by atoms with Gasteiger partial charge in [-0.05, 0) is 23.6 Å². The number of benzene rings is 1. The third kappa shape index (κ3) is 3.48. The summed E-state index contributed by atoms with van der Waals surface area (Å²) in [7, 11) is 0. The van der Waals surface area contributed by atoms with Gasteiger partial charge in [-0.1, -0.05) is 26.8 Å². The summed E-state index contributed by atoms with van der Waals surface area (Å²) in [6.45, 7) is 5.19. The number of carboxylic acid groups (broad SMARTS) is 1. The van der Waals surface area contributed by atoms with E-state index >= 15 is 0 Å². The van der Waals surface area contributed by atoms with Crippen molar-refractivity contribution in [3.05, 3.63) is 29.8 Å². The van der Waals surface area contributed by atoms with E-state index in [1.807, 2.05) is 0 Å². The largest absolute Gasteiger partial charge is 0.508 e. The molecular formula is C13H17NO4. The van der Waals surface area contributed by atoms with E-state index in [0.717, 1.165) is 0 Å². The molecular weight excluding hydrogens is 234 g/mol. The Bertz CT molecular complexity index is 462. The number of carbonyl (C=O) groups excluding carboxylic acids is 1. The van der Waals surface area contributed by atoms with Crippen LogP contribution in [-0.4, -0.2) is 28.1 Å². The summed E-state index contributed by atoms with van der Waals surface area (Å²) in [4.78, 5) is 23.0. The number of phenols is 1. The van der Waals surface area contributed by atoms with Crippen molar-refractivity contribution in [2.24, 2.45) is 5.41 Å². The second-order valence-corrected chi connectivity index (χ2v) is 5.16. The van der Waals surface area contributed by atoms with E-state index in [1.54, 1.807) is 20.8 Å². The minimum Gasteiger partial charge on any atom is -0.508 e. The maximum atomic E-state index is 11.9. The van der Waals surface area contributed by atoms with Crippen molar-refractivity contribution in [2.75, 3.05) is 0 Å². The van der Waals surface area contributed by atoms with E-state index in [2.05, 4.69) is 5.32 Å². The molecule has 0 fully saturated rings. The molecule has 18 heavy (non-hydrogen) atoms.